The molecule has 1 nitrogen and oxygen atoms in total. The quantitative estimate of drug-likeness (QED) is 0.281. The van der Waals surface area contributed by atoms with Crippen molar-refractivity contribution < 1.29 is 0 Å². The van der Waals surface area contributed by atoms with Crippen molar-refractivity contribution in [1.82, 2.24) is 4.98 Å². The molecule has 1 heterocycles. The lowest BCUT2D eigenvalue weighted by Gasteiger charge is -2.30. The molecule has 0 saturated carbocycles. The fraction of sp³-hybridized carbons (Fsp3) is 0.156. The largest absolute Gasteiger partial charge is 0.248 e. The number of hydrogen-bond acceptors (Lipinski definition) is 1. The zero-order valence-corrected chi connectivity index (χ0v) is 19.2. The van der Waals surface area contributed by atoms with Gasteiger partial charge in [-0.25, -0.2) is 4.98 Å². The zero-order chi connectivity index (χ0) is 22.4. The predicted octanol–water partition coefficient (Wildman–Crippen LogP) is 8.66. The third-order valence-corrected chi connectivity index (χ3v) is 7.57. The van der Waals surface area contributed by atoms with Crippen molar-refractivity contribution in [3.8, 4) is 33.5 Å². The molecule has 0 unspecified atom stereocenters. The van der Waals surface area contributed by atoms with Gasteiger partial charge in [0.1, 0.15) is 0 Å². The molecule has 1 heteroatoms. The van der Waals surface area contributed by atoms with Crippen LogP contribution in [-0.4, -0.2) is 4.98 Å². The molecule has 0 radical (unpaired) electrons. The summed E-state index contributed by atoms with van der Waals surface area (Å²) in [6.45, 7) is 4.65. The maximum Gasteiger partial charge on any atom is 0.0716 e. The van der Waals surface area contributed by atoms with E-state index in [1.54, 1.807) is 0 Å². The lowest BCUT2D eigenvalue weighted by molar-refractivity contribution is 0.490. The first-order valence-electron chi connectivity index (χ1n) is 11.9. The van der Waals surface area contributed by atoms with Gasteiger partial charge in [0, 0.05) is 16.4 Å². The van der Waals surface area contributed by atoms with Crippen molar-refractivity contribution in [3.05, 3.63) is 114 Å². The number of nitrogens with zero attached hydrogens (tertiary/aromatic N) is 1. The van der Waals surface area contributed by atoms with Crippen LogP contribution in [0.4, 0.5) is 0 Å². The average Bonchev–Trinajstić information content (AvgIpc) is 3.18. The van der Waals surface area contributed by atoms with E-state index in [1.165, 1.54) is 44.3 Å². The van der Waals surface area contributed by atoms with Crippen LogP contribution in [-0.2, 0) is 5.41 Å². The fourth-order valence-electron chi connectivity index (χ4n) is 5.81. The Morgan fingerprint density at radius 2 is 1.27 bits per heavy atom. The minimum atomic E-state index is 0.0705. The number of para-hydroxylation sites is 1. The summed E-state index contributed by atoms with van der Waals surface area (Å²) in [5.74, 6) is 0. The number of pyridine rings is 1. The standard InChI is InChI=1S/C32H27N/c1-3-32(4-2)28-16-10-8-14-24(28)25-19-18-23(20-29(25)32)31-21-27(22-12-6-5-7-13-22)26-15-9-11-17-30(26)33-31/h5-21H,3-4H2,1-2H3. The van der Waals surface area contributed by atoms with E-state index in [4.69, 9.17) is 4.98 Å². The zero-order valence-electron chi connectivity index (χ0n) is 19.2. The highest BCUT2D eigenvalue weighted by Gasteiger charge is 2.40. The minimum absolute atomic E-state index is 0.0705. The van der Waals surface area contributed by atoms with Crippen LogP contribution in [0.15, 0.2) is 103 Å². The summed E-state index contributed by atoms with van der Waals surface area (Å²) in [7, 11) is 0. The minimum Gasteiger partial charge on any atom is -0.248 e. The van der Waals surface area contributed by atoms with E-state index in [-0.39, 0.29) is 5.41 Å². The molecule has 1 aliphatic rings. The van der Waals surface area contributed by atoms with E-state index >= 15 is 0 Å². The summed E-state index contributed by atoms with van der Waals surface area (Å²) >= 11 is 0. The Hall–Kier alpha value is -3.71. The highest BCUT2D eigenvalue weighted by Crippen LogP contribution is 2.53. The molecule has 0 spiro atoms. The molecule has 1 aromatic heterocycles. The fourth-order valence-corrected chi connectivity index (χ4v) is 5.81. The maximum atomic E-state index is 5.11. The van der Waals surface area contributed by atoms with Gasteiger partial charge in [0.2, 0.25) is 0 Å². The van der Waals surface area contributed by atoms with E-state index < -0.39 is 0 Å². The van der Waals surface area contributed by atoms with Gasteiger partial charge >= 0.3 is 0 Å². The van der Waals surface area contributed by atoms with Crippen LogP contribution in [0.3, 0.4) is 0 Å². The van der Waals surface area contributed by atoms with E-state index in [1.807, 2.05) is 0 Å². The number of benzene rings is 4. The molecule has 0 amide bonds. The normalized spacial score (nSPS) is 13.6. The summed E-state index contributed by atoms with van der Waals surface area (Å²) in [6, 6.07) is 37.3. The number of aromatic nitrogens is 1. The Morgan fingerprint density at radius 1 is 0.576 bits per heavy atom. The van der Waals surface area contributed by atoms with E-state index in [9.17, 15) is 0 Å². The van der Waals surface area contributed by atoms with Crippen molar-refractivity contribution in [2.45, 2.75) is 32.1 Å². The Labute approximate surface area is 195 Å². The molecule has 4 aromatic carbocycles. The predicted molar refractivity (Wildman–Crippen MR) is 139 cm³/mol. The van der Waals surface area contributed by atoms with Crippen LogP contribution < -0.4 is 0 Å². The molecule has 5 aromatic rings. The lowest BCUT2D eigenvalue weighted by atomic mass is 9.73. The maximum absolute atomic E-state index is 5.11. The van der Waals surface area contributed by atoms with Gasteiger partial charge in [-0.05, 0) is 64.4 Å². The van der Waals surface area contributed by atoms with Gasteiger partial charge in [0.25, 0.3) is 0 Å². The van der Waals surface area contributed by atoms with Gasteiger partial charge in [0.15, 0.2) is 0 Å². The monoisotopic (exact) mass is 425 g/mol. The number of fused-ring (bicyclic) bond motifs is 4. The first-order chi connectivity index (χ1) is 16.2. The van der Waals surface area contributed by atoms with Gasteiger partial charge in [-0.3, -0.25) is 0 Å². The Kier molecular flexibility index (Phi) is 4.66. The molecule has 0 fully saturated rings. The van der Waals surface area contributed by atoms with Crippen molar-refractivity contribution in [3.63, 3.8) is 0 Å². The summed E-state index contributed by atoms with van der Waals surface area (Å²) in [6.07, 6.45) is 2.19. The van der Waals surface area contributed by atoms with Gasteiger partial charge in [-0.15, -0.1) is 0 Å². The van der Waals surface area contributed by atoms with Crippen molar-refractivity contribution in [2.24, 2.45) is 0 Å². The molecule has 1 aliphatic carbocycles. The van der Waals surface area contributed by atoms with E-state index in [0.717, 1.165) is 24.1 Å². The molecule has 0 aliphatic heterocycles. The molecule has 6 rings (SSSR count). The molecular weight excluding hydrogens is 398 g/mol. The second-order valence-electron chi connectivity index (χ2n) is 9.03. The highest BCUT2D eigenvalue weighted by molar-refractivity contribution is 5.97. The Bertz CT molecular complexity index is 1480. The topological polar surface area (TPSA) is 12.9 Å². The average molecular weight is 426 g/mol. The Morgan fingerprint density at radius 3 is 2.09 bits per heavy atom. The first-order valence-corrected chi connectivity index (χ1v) is 11.9. The van der Waals surface area contributed by atoms with Crippen LogP contribution in [0.1, 0.15) is 37.8 Å². The summed E-state index contributed by atoms with van der Waals surface area (Å²) in [5.41, 5.74) is 11.5. The van der Waals surface area contributed by atoms with Crippen LogP contribution in [0.5, 0.6) is 0 Å². The van der Waals surface area contributed by atoms with Gasteiger partial charge < -0.3 is 0 Å². The third kappa shape index (κ3) is 2.96. The van der Waals surface area contributed by atoms with Crippen molar-refractivity contribution >= 4 is 10.9 Å². The highest BCUT2D eigenvalue weighted by atomic mass is 14.7. The summed E-state index contributed by atoms with van der Waals surface area (Å²) in [4.78, 5) is 5.11. The molecule has 0 saturated heterocycles. The SMILES string of the molecule is CCC1(CC)c2ccccc2-c2ccc(-c3cc(-c4ccccc4)c4ccccc4n3)cc21. The molecule has 0 N–H and O–H groups in total. The van der Waals surface area contributed by atoms with Crippen LogP contribution >= 0.6 is 0 Å². The Balaban J connectivity index is 1.58. The van der Waals surface area contributed by atoms with Crippen molar-refractivity contribution in [2.75, 3.05) is 0 Å². The van der Waals surface area contributed by atoms with Crippen LogP contribution in [0, 0.1) is 0 Å². The van der Waals surface area contributed by atoms with E-state index in [2.05, 4.69) is 117 Å². The number of rotatable bonds is 4. The second-order valence-corrected chi connectivity index (χ2v) is 9.03. The first kappa shape index (κ1) is 19.9. The molecule has 160 valence electrons. The second kappa shape index (κ2) is 7.71. The molecule has 0 atom stereocenters. The smallest absolute Gasteiger partial charge is 0.0716 e. The van der Waals surface area contributed by atoms with Crippen molar-refractivity contribution in [1.29, 1.82) is 0 Å². The summed E-state index contributed by atoms with van der Waals surface area (Å²) < 4.78 is 0. The number of hydrogen-bond donors (Lipinski definition) is 0. The van der Waals surface area contributed by atoms with Gasteiger partial charge in [-0.1, -0.05) is 98.8 Å². The van der Waals surface area contributed by atoms with Gasteiger partial charge in [-0.2, -0.15) is 0 Å². The molecule has 33 heavy (non-hydrogen) atoms. The van der Waals surface area contributed by atoms with Crippen LogP contribution in [0.2, 0.25) is 0 Å². The van der Waals surface area contributed by atoms with Gasteiger partial charge in [0.05, 0.1) is 11.2 Å². The molecular formula is C32H27N. The summed E-state index contributed by atoms with van der Waals surface area (Å²) in [5, 5.41) is 1.19. The van der Waals surface area contributed by atoms with E-state index in [0.29, 0.717) is 0 Å². The third-order valence-electron chi connectivity index (χ3n) is 7.57. The molecule has 0 bridgehead atoms. The lowest BCUT2D eigenvalue weighted by Crippen LogP contribution is -2.23. The van der Waals surface area contributed by atoms with Crippen LogP contribution in [0.25, 0.3) is 44.4 Å².